The molecule has 6 aromatic rings. The number of rotatable bonds is 23. The molecule has 2 unspecified atom stereocenters. The van der Waals surface area contributed by atoms with E-state index in [2.05, 4.69) is 58.3 Å². The molecule has 1 fully saturated rings. The number of unbranched alkanes of at least 4 members (excludes halogenated alkanes) is 6. The molecule has 3 aliphatic heterocycles. The van der Waals surface area contributed by atoms with Crippen molar-refractivity contribution in [3.63, 3.8) is 0 Å². The van der Waals surface area contributed by atoms with Crippen molar-refractivity contribution < 1.29 is 28.5 Å². The van der Waals surface area contributed by atoms with E-state index < -0.39 is 0 Å². The van der Waals surface area contributed by atoms with Crippen molar-refractivity contribution in [1.82, 2.24) is 30.0 Å². The Morgan fingerprint density at radius 2 is 1.01 bits per heavy atom. The van der Waals surface area contributed by atoms with Gasteiger partial charge in [-0.2, -0.15) is 0 Å². The standard InChI is InChI=1S/C32H42ClN3O3.C31H42ClN3O3/c1-23(2)22-39-32(37)36-19-15-27-28-21-25(33)11-14-29(28)34-30(27)31(36)24-9-12-26(13-10-24)38-20-8-4-3-5-16-35-17-6-7-18-35;1-21(2)20-38-31(36)35-17-15-26-27-19-24(32)11-14-28(27)34-29(26)30(35)23-9-12-25(13-10-23)37-18-8-6-5-7-16-33-22(3)4/h9-14,21,23,31,34H,3-8,15-20,22H2,1-2H3;9-14,19,21-22,30,33-34H,5-8,15-18,20H2,1-4H3. The van der Waals surface area contributed by atoms with Gasteiger partial charge in [0.1, 0.15) is 23.6 Å². The van der Waals surface area contributed by atoms with Crippen molar-refractivity contribution in [1.29, 1.82) is 0 Å². The lowest BCUT2D eigenvalue weighted by Gasteiger charge is -2.35. The Hall–Kier alpha value is -5.40. The predicted molar refractivity (Wildman–Crippen MR) is 313 cm³/mol. The summed E-state index contributed by atoms with van der Waals surface area (Å²) in [4.78, 5) is 39.8. The number of benzene rings is 4. The largest absolute Gasteiger partial charge is 0.494 e. The first kappa shape index (κ1) is 57.8. The number of hydrogen-bond donors (Lipinski definition) is 3. The Morgan fingerprint density at radius 1 is 0.571 bits per heavy atom. The van der Waals surface area contributed by atoms with E-state index in [1.165, 1.54) is 82.1 Å². The Kier molecular flexibility index (Phi) is 21.4. The number of nitrogens with one attached hydrogen (secondary N) is 3. The number of aromatic nitrogens is 2. The van der Waals surface area contributed by atoms with Gasteiger partial charge in [-0.05, 0) is 172 Å². The SMILES string of the molecule is CC(C)COC(=O)N1CCc2c([nH]c3ccc(Cl)cc23)C1c1ccc(OCCCCCCN2CCCC2)cc1.CC(C)COC(=O)N1CCc2c([nH]c3ccc(Cl)cc23)C1c1ccc(OCCCCCCNC(C)C)cc1. The van der Waals surface area contributed by atoms with Crippen molar-refractivity contribution in [2.45, 2.75) is 137 Å². The molecule has 3 aliphatic rings. The summed E-state index contributed by atoms with van der Waals surface area (Å²) in [6.07, 6.45) is 13.1. The monoisotopic (exact) mass is 1090 g/mol. The van der Waals surface area contributed by atoms with Gasteiger partial charge in [0, 0.05) is 62.4 Å². The first-order valence-electron chi connectivity index (χ1n) is 28.7. The highest BCUT2D eigenvalue weighted by Gasteiger charge is 2.37. The zero-order chi connectivity index (χ0) is 54.3. The van der Waals surface area contributed by atoms with Gasteiger partial charge in [-0.3, -0.25) is 9.80 Å². The highest BCUT2D eigenvalue weighted by molar-refractivity contribution is 6.31. The second-order valence-electron chi connectivity index (χ2n) is 22.4. The Bertz CT molecular complexity index is 2800. The molecule has 5 heterocycles. The van der Waals surface area contributed by atoms with Crippen LogP contribution in [-0.4, -0.2) is 109 Å². The quantitative estimate of drug-likeness (QED) is 0.0542. The fraction of sp³-hybridized carbons (Fsp3) is 0.524. The molecule has 416 valence electrons. The van der Waals surface area contributed by atoms with E-state index in [9.17, 15) is 9.59 Å². The van der Waals surface area contributed by atoms with Crippen molar-refractivity contribution in [2.75, 3.05) is 65.7 Å². The molecule has 3 N–H and O–H groups in total. The van der Waals surface area contributed by atoms with Crippen LogP contribution < -0.4 is 14.8 Å². The Morgan fingerprint density at radius 3 is 1.45 bits per heavy atom. The number of aromatic amines is 2. The third-order valence-corrected chi connectivity index (χ3v) is 15.3. The zero-order valence-corrected chi connectivity index (χ0v) is 48.1. The van der Waals surface area contributed by atoms with Gasteiger partial charge in [-0.15, -0.1) is 0 Å². The zero-order valence-electron chi connectivity index (χ0n) is 46.6. The summed E-state index contributed by atoms with van der Waals surface area (Å²) < 4.78 is 23.4. The number of nitrogens with zero attached hydrogens (tertiary/aromatic N) is 3. The molecule has 0 aliphatic carbocycles. The van der Waals surface area contributed by atoms with Crippen molar-refractivity contribution in [3.05, 3.63) is 129 Å². The van der Waals surface area contributed by atoms with E-state index in [1.807, 2.05) is 98.2 Å². The van der Waals surface area contributed by atoms with Crippen LogP contribution in [0.4, 0.5) is 9.59 Å². The second-order valence-corrected chi connectivity index (χ2v) is 23.2. The minimum Gasteiger partial charge on any atom is -0.494 e. The summed E-state index contributed by atoms with van der Waals surface area (Å²) in [5.74, 6) is 2.28. The van der Waals surface area contributed by atoms with Crippen LogP contribution in [0.5, 0.6) is 11.5 Å². The topological polar surface area (TPSA) is 124 Å². The molecule has 14 heteroatoms. The summed E-state index contributed by atoms with van der Waals surface area (Å²) in [7, 11) is 0. The van der Waals surface area contributed by atoms with Gasteiger partial charge in [0.05, 0.1) is 26.4 Å². The molecule has 0 spiro atoms. The van der Waals surface area contributed by atoms with E-state index in [1.54, 1.807) is 0 Å². The Balaban J connectivity index is 0.000000204. The first-order chi connectivity index (χ1) is 37.3. The van der Waals surface area contributed by atoms with Gasteiger partial charge in [-0.1, -0.05) is 115 Å². The van der Waals surface area contributed by atoms with Gasteiger partial charge in [0.2, 0.25) is 0 Å². The average Bonchev–Trinajstić information content (AvgIpc) is 4.27. The number of likely N-dealkylation sites (tertiary alicyclic amines) is 1. The van der Waals surface area contributed by atoms with Crippen LogP contribution in [-0.2, 0) is 22.3 Å². The summed E-state index contributed by atoms with van der Waals surface area (Å²) in [5, 5.41) is 7.13. The molecule has 12 nitrogen and oxygen atoms in total. The first-order valence-corrected chi connectivity index (χ1v) is 29.5. The summed E-state index contributed by atoms with van der Waals surface area (Å²) >= 11 is 12.6. The number of carbonyl (C=O) groups is 2. The van der Waals surface area contributed by atoms with Crippen LogP contribution in [0, 0.1) is 11.8 Å². The summed E-state index contributed by atoms with van der Waals surface area (Å²) in [6, 6.07) is 28.2. The van der Waals surface area contributed by atoms with Crippen molar-refractivity contribution >= 4 is 57.2 Å². The highest BCUT2D eigenvalue weighted by atomic mass is 35.5. The van der Waals surface area contributed by atoms with Crippen LogP contribution in [0.3, 0.4) is 0 Å². The number of hydrogen-bond acceptors (Lipinski definition) is 8. The number of amides is 2. The maximum absolute atomic E-state index is 13.2. The van der Waals surface area contributed by atoms with E-state index in [0.717, 1.165) is 94.7 Å². The van der Waals surface area contributed by atoms with E-state index in [-0.39, 0.29) is 36.1 Å². The molecule has 9 rings (SSSR count). The number of H-pyrrole nitrogens is 2. The van der Waals surface area contributed by atoms with Crippen molar-refractivity contribution in [2.24, 2.45) is 11.8 Å². The number of halogens is 2. The van der Waals surface area contributed by atoms with Crippen LogP contribution >= 0.6 is 23.2 Å². The molecule has 0 bridgehead atoms. The summed E-state index contributed by atoms with van der Waals surface area (Å²) in [5.41, 5.74) is 8.60. The maximum Gasteiger partial charge on any atom is 0.410 e. The van der Waals surface area contributed by atoms with Gasteiger partial charge in [0.25, 0.3) is 0 Å². The van der Waals surface area contributed by atoms with Gasteiger partial charge < -0.3 is 39.1 Å². The molecule has 0 radical (unpaired) electrons. The normalized spacial score (nSPS) is 16.5. The molecule has 4 aromatic carbocycles. The van der Waals surface area contributed by atoms with Crippen LogP contribution in [0.1, 0.15) is 151 Å². The second kappa shape index (κ2) is 28.5. The number of fused-ring (bicyclic) bond motifs is 6. The molecule has 1 saturated heterocycles. The van der Waals surface area contributed by atoms with E-state index in [4.69, 9.17) is 42.1 Å². The van der Waals surface area contributed by atoms with Gasteiger partial charge >= 0.3 is 12.2 Å². The molecule has 77 heavy (non-hydrogen) atoms. The van der Waals surface area contributed by atoms with Gasteiger partial charge in [0.15, 0.2) is 0 Å². The van der Waals surface area contributed by atoms with E-state index >= 15 is 0 Å². The molecule has 0 saturated carbocycles. The fourth-order valence-electron chi connectivity index (χ4n) is 10.9. The van der Waals surface area contributed by atoms with Crippen LogP contribution in [0.15, 0.2) is 84.9 Å². The number of ether oxygens (including phenoxy) is 4. The van der Waals surface area contributed by atoms with Crippen molar-refractivity contribution in [3.8, 4) is 11.5 Å². The lowest BCUT2D eigenvalue weighted by molar-refractivity contribution is 0.0791. The van der Waals surface area contributed by atoms with Crippen LogP contribution in [0.2, 0.25) is 10.0 Å². The lowest BCUT2D eigenvalue weighted by Crippen LogP contribution is -2.41. The Labute approximate surface area is 467 Å². The van der Waals surface area contributed by atoms with Gasteiger partial charge in [-0.25, -0.2) is 9.59 Å². The fourth-order valence-corrected chi connectivity index (χ4v) is 11.2. The van der Waals surface area contributed by atoms with E-state index in [0.29, 0.717) is 49.0 Å². The third-order valence-electron chi connectivity index (χ3n) is 14.8. The highest BCUT2D eigenvalue weighted by Crippen LogP contribution is 2.42. The third kappa shape index (κ3) is 15.9. The summed E-state index contributed by atoms with van der Waals surface area (Å²) in [6.45, 7) is 20.9. The minimum absolute atomic E-state index is 0.260. The smallest absolute Gasteiger partial charge is 0.410 e. The molecule has 2 aromatic heterocycles. The predicted octanol–water partition coefficient (Wildman–Crippen LogP) is 15.1. The average molecular weight is 1090 g/mol. The molecular weight excluding hydrogens is 1010 g/mol. The minimum atomic E-state index is -0.282. The molecule has 2 atom stereocenters. The molecule has 2 amide bonds. The lowest BCUT2D eigenvalue weighted by atomic mass is 9.92. The molecular formula is C63H84Cl2N6O6. The van der Waals surface area contributed by atoms with Crippen LogP contribution in [0.25, 0.3) is 21.8 Å². The maximum atomic E-state index is 13.2. The number of carbonyl (C=O) groups excluding carboxylic acids is 2.